The van der Waals surface area contributed by atoms with Gasteiger partial charge >= 0.3 is 6.36 Å². The van der Waals surface area contributed by atoms with Crippen LogP contribution in [0.25, 0.3) is 0 Å². The Bertz CT molecular complexity index is 421. The molecular formula is C12H14F3NO3. The highest BCUT2D eigenvalue weighted by Gasteiger charge is 2.31. The fraction of sp³-hybridized carbons (Fsp3) is 0.417. The molecule has 1 aromatic rings. The summed E-state index contributed by atoms with van der Waals surface area (Å²) < 4.78 is 45.0. The largest absolute Gasteiger partial charge is 0.573 e. The van der Waals surface area contributed by atoms with Crippen LogP contribution < -0.4 is 14.8 Å². The molecule has 0 aliphatic rings. The average Bonchev–Trinajstić information content (AvgIpc) is 2.26. The predicted molar refractivity (Wildman–Crippen MR) is 61.9 cm³/mol. The molecule has 7 heteroatoms. The van der Waals surface area contributed by atoms with Gasteiger partial charge in [0.05, 0.1) is 6.61 Å². The van der Waals surface area contributed by atoms with Crippen molar-refractivity contribution in [2.24, 2.45) is 0 Å². The van der Waals surface area contributed by atoms with Crippen LogP contribution in [0.1, 0.15) is 13.3 Å². The van der Waals surface area contributed by atoms with E-state index < -0.39 is 6.36 Å². The van der Waals surface area contributed by atoms with E-state index in [2.05, 4.69) is 10.1 Å². The summed E-state index contributed by atoms with van der Waals surface area (Å²) in [5.74, 6) is -0.183. The standard InChI is InChI=1S/C12H14F3NO3/c1-9(17)16-6-3-7-18-10-4-2-5-11(8-10)19-12(13,14)15/h2,4-5,8H,3,6-7H2,1H3,(H,16,17). The molecule has 0 spiro atoms. The Labute approximate surface area is 108 Å². The van der Waals surface area contributed by atoms with Gasteiger partial charge in [-0.2, -0.15) is 0 Å². The zero-order chi connectivity index (χ0) is 14.3. The van der Waals surface area contributed by atoms with Crippen LogP contribution in [-0.4, -0.2) is 25.4 Å². The van der Waals surface area contributed by atoms with Crippen LogP contribution >= 0.6 is 0 Å². The Hall–Kier alpha value is -1.92. The smallest absolute Gasteiger partial charge is 0.493 e. The van der Waals surface area contributed by atoms with Crippen LogP contribution in [-0.2, 0) is 4.79 Å². The van der Waals surface area contributed by atoms with Gasteiger partial charge in [0.2, 0.25) is 5.91 Å². The second-order valence-corrected chi connectivity index (χ2v) is 3.71. The summed E-state index contributed by atoms with van der Waals surface area (Å²) in [5, 5.41) is 2.58. The quantitative estimate of drug-likeness (QED) is 0.813. The number of ether oxygens (including phenoxy) is 2. The molecule has 0 heterocycles. The maximum Gasteiger partial charge on any atom is 0.573 e. The summed E-state index contributed by atoms with van der Waals surface area (Å²) in [6, 6.07) is 5.29. The van der Waals surface area contributed by atoms with Gasteiger partial charge in [-0.15, -0.1) is 13.2 Å². The van der Waals surface area contributed by atoms with E-state index in [1.807, 2.05) is 0 Å². The highest BCUT2D eigenvalue weighted by molar-refractivity contribution is 5.72. The number of hydrogen-bond donors (Lipinski definition) is 1. The summed E-state index contributed by atoms with van der Waals surface area (Å²) in [6.07, 6.45) is -4.16. The van der Waals surface area contributed by atoms with Crippen molar-refractivity contribution in [3.05, 3.63) is 24.3 Å². The van der Waals surface area contributed by atoms with Crippen molar-refractivity contribution in [3.8, 4) is 11.5 Å². The lowest BCUT2D eigenvalue weighted by atomic mass is 10.3. The van der Waals surface area contributed by atoms with E-state index in [1.54, 1.807) is 0 Å². The number of carbonyl (C=O) groups is 1. The molecule has 4 nitrogen and oxygen atoms in total. The Morgan fingerprint density at radius 2 is 2.00 bits per heavy atom. The lowest BCUT2D eigenvalue weighted by molar-refractivity contribution is -0.274. The first kappa shape index (κ1) is 15.1. The van der Waals surface area contributed by atoms with Crippen molar-refractivity contribution in [1.29, 1.82) is 0 Å². The maximum absolute atomic E-state index is 12.0. The van der Waals surface area contributed by atoms with Crippen molar-refractivity contribution >= 4 is 5.91 Å². The van der Waals surface area contributed by atoms with Crippen LogP contribution in [0.15, 0.2) is 24.3 Å². The highest BCUT2D eigenvalue weighted by Crippen LogP contribution is 2.25. The second-order valence-electron chi connectivity index (χ2n) is 3.71. The number of nitrogens with one attached hydrogen (secondary N) is 1. The molecule has 0 aliphatic heterocycles. The van der Waals surface area contributed by atoms with Gasteiger partial charge in [0, 0.05) is 19.5 Å². The van der Waals surface area contributed by atoms with Gasteiger partial charge in [-0.25, -0.2) is 0 Å². The molecule has 0 fully saturated rings. The topological polar surface area (TPSA) is 47.6 Å². The van der Waals surface area contributed by atoms with Gasteiger partial charge in [0.25, 0.3) is 0 Å². The third kappa shape index (κ3) is 7.17. The minimum Gasteiger partial charge on any atom is -0.493 e. The molecule has 0 atom stereocenters. The fourth-order valence-corrected chi connectivity index (χ4v) is 1.29. The lowest BCUT2D eigenvalue weighted by Gasteiger charge is -2.11. The van der Waals surface area contributed by atoms with Crippen molar-refractivity contribution in [3.63, 3.8) is 0 Å². The molecule has 19 heavy (non-hydrogen) atoms. The normalized spacial score (nSPS) is 10.9. The lowest BCUT2D eigenvalue weighted by Crippen LogP contribution is -2.22. The molecule has 106 valence electrons. The van der Waals surface area contributed by atoms with E-state index in [0.717, 1.165) is 6.07 Å². The Kier molecular flexibility index (Phi) is 5.47. The number of rotatable bonds is 6. The summed E-state index contributed by atoms with van der Waals surface area (Å²) >= 11 is 0. The van der Waals surface area contributed by atoms with E-state index in [0.29, 0.717) is 13.0 Å². The van der Waals surface area contributed by atoms with Gasteiger partial charge in [-0.1, -0.05) is 6.07 Å². The number of hydrogen-bond acceptors (Lipinski definition) is 3. The summed E-state index contributed by atoms with van der Waals surface area (Å²) in [4.78, 5) is 10.6. The minimum atomic E-state index is -4.72. The van der Waals surface area contributed by atoms with Gasteiger partial charge < -0.3 is 14.8 Å². The molecular weight excluding hydrogens is 263 g/mol. The van der Waals surface area contributed by atoms with E-state index in [1.165, 1.54) is 25.1 Å². The number of amides is 1. The van der Waals surface area contributed by atoms with Crippen molar-refractivity contribution < 1.29 is 27.4 Å². The van der Waals surface area contributed by atoms with Crippen LogP contribution in [0.2, 0.25) is 0 Å². The van der Waals surface area contributed by atoms with Gasteiger partial charge in [-0.05, 0) is 18.6 Å². The molecule has 1 N–H and O–H groups in total. The Morgan fingerprint density at radius 1 is 1.32 bits per heavy atom. The van der Waals surface area contributed by atoms with Crippen molar-refractivity contribution in [1.82, 2.24) is 5.32 Å². The van der Waals surface area contributed by atoms with Crippen molar-refractivity contribution in [2.75, 3.05) is 13.2 Å². The molecule has 0 saturated carbocycles. The fourth-order valence-electron chi connectivity index (χ4n) is 1.29. The van der Waals surface area contributed by atoms with Crippen LogP contribution in [0.4, 0.5) is 13.2 Å². The maximum atomic E-state index is 12.0. The summed E-state index contributed by atoms with van der Waals surface area (Å²) in [6.45, 7) is 2.14. The van der Waals surface area contributed by atoms with E-state index in [-0.39, 0.29) is 24.0 Å². The Morgan fingerprint density at radius 3 is 2.63 bits per heavy atom. The predicted octanol–water partition coefficient (Wildman–Crippen LogP) is 2.49. The molecule has 0 radical (unpaired) electrons. The first-order valence-electron chi connectivity index (χ1n) is 5.60. The number of carbonyl (C=O) groups excluding carboxylic acids is 1. The Balaban J connectivity index is 2.38. The van der Waals surface area contributed by atoms with Gasteiger partial charge in [0.1, 0.15) is 11.5 Å². The van der Waals surface area contributed by atoms with Crippen molar-refractivity contribution in [2.45, 2.75) is 19.7 Å². The third-order valence-electron chi connectivity index (χ3n) is 2.00. The molecule has 0 bridgehead atoms. The summed E-state index contributed by atoms with van der Waals surface area (Å²) in [5.41, 5.74) is 0. The third-order valence-corrected chi connectivity index (χ3v) is 2.00. The SMILES string of the molecule is CC(=O)NCCCOc1cccc(OC(F)(F)F)c1. The zero-order valence-corrected chi connectivity index (χ0v) is 10.3. The highest BCUT2D eigenvalue weighted by atomic mass is 19.4. The molecule has 1 aromatic carbocycles. The monoisotopic (exact) mass is 277 g/mol. The first-order chi connectivity index (χ1) is 8.87. The average molecular weight is 277 g/mol. The van der Waals surface area contributed by atoms with Crippen LogP contribution in [0.3, 0.4) is 0 Å². The minimum absolute atomic E-state index is 0.138. The summed E-state index contributed by atoms with van der Waals surface area (Å²) in [7, 11) is 0. The van der Waals surface area contributed by atoms with E-state index in [9.17, 15) is 18.0 Å². The van der Waals surface area contributed by atoms with E-state index >= 15 is 0 Å². The molecule has 0 unspecified atom stereocenters. The molecule has 1 rings (SSSR count). The first-order valence-corrected chi connectivity index (χ1v) is 5.60. The molecule has 0 aromatic heterocycles. The van der Waals surface area contributed by atoms with Crippen LogP contribution in [0, 0.1) is 0 Å². The molecule has 1 amide bonds. The molecule has 0 aliphatic carbocycles. The van der Waals surface area contributed by atoms with Gasteiger partial charge in [0.15, 0.2) is 0 Å². The molecule has 0 saturated heterocycles. The number of benzene rings is 1. The van der Waals surface area contributed by atoms with Crippen LogP contribution in [0.5, 0.6) is 11.5 Å². The zero-order valence-electron chi connectivity index (χ0n) is 10.3. The van der Waals surface area contributed by atoms with Gasteiger partial charge in [-0.3, -0.25) is 4.79 Å². The number of alkyl halides is 3. The van der Waals surface area contributed by atoms with E-state index in [4.69, 9.17) is 4.74 Å². The second kappa shape index (κ2) is 6.86. The number of halogens is 3.